The van der Waals surface area contributed by atoms with Gasteiger partial charge in [-0.15, -0.1) is 0 Å². The molecule has 0 radical (unpaired) electrons. The summed E-state index contributed by atoms with van der Waals surface area (Å²) < 4.78 is 0. The summed E-state index contributed by atoms with van der Waals surface area (Å²) in [5.41, 5.74) is 4.28. The van der Waals surface area contributed by atoms with Crippen LogP contribution in [0.5, 0.6) is 0 Å². The Morgan fingerprint density at radius 1 is 1.15 bits per heavy atom. The average Bonchev–Trinajstić information content (AvgIpc) is 2.93. The number of nitrogens with zero attached hydrogens (tertiary/aromatic N) is 4. The van der Waals surface area contributed by atoms with Gasteiger partial charge in [0.25, 0.3) is 0 Å². The zero-order valence-electron chi connectivity index (χ0n) is 16.4. The van der Waals surface area contributed by atoms with Crippen LogP contribution >= 0.6 is 11.8 Å². The van der Waals surface area contributed by atoms with Gasteiger partial charge in [-0.05, 0) is 62.6 Å². The van der Waals surface area contributed by atoms with E-state index in [-0.39, 0.29) is 11.9 Å². The largest absolute Gasteiger partial charge is 0.336 e. The van der Waals surface area contributed by atoms with E-state index in [4.69, 9.17) is 0 Å². The van der Waals surface area contributed by atoms with Gasteiger partial charge in [-0.3, -0.25) is 9.78 Å². The number of aryl methyl sites for hydroxylation is 2. The Bertz CT molecular complexity index is 758. The molecule has 0 unspecified atom stereocenters. The molecule has 0 saturated carbocycles. The lowest BCUT2D eigenvalue weighted by Gasteiger charge is -2.30. The minimum absolute atomic E-state index is 0.167. The SMILES string of the molecule is CSc1nc(C)c(CCC(=O)N2CCCCC[C@@H]2c2ccncc2)c(C)n1. The molecule has 1 aliphatic heterocycles. The number of aromatic nitrogens is 3. The van der Waals surface area contributed by atoms with E-state index >= 15 is 0 Å². The van der Waals surface area contributed by atoms with Crippen LogP contribution in [0.1, 0.15) is 60.7 Å². The molecule has 1 fully saturated rings. The Hall–Kier alpha value is -1.95. The molecule has 1 saturated heterocycles. The molecule has 144 valence electrons. The Kier molecular flexibility index (Phi) is 6.83. The van der Waals surface area contributed by atoms with Crippen LogP contribution in [0, 0.1) is 13.8 Å². The minimum Gasteiger partial charge on any atom is -0.336 e. The average molecular weight is 385 g/mol. The maximum absolute atomic E-state index is 13.1. The highest BCUT2D eigenvalue weighted by molar-refractivity contribution is 7.98. The van der Waals surface area contributed by atoms with Gasteiger partial charge in [0.15, 0.2) is 5.16 Å². The van der Waals surface area contributed by atoms with Gasteiger partial charge in [-0.25, -0.2) is 9.97 Å². The second-order valence-electron chi connectivity index (χ2n) is 7.09. The predicted molar refractivity (Wildman–Crippen MR) is 109 cm³/mol. The molecule has 3 heterocycles. The van der Waals surface area contributed by atoms with Crippen molar-refractivity contribution >= 4 is 17.7 Å². The highest BCUT2D eigenvalue weighted by Crippen LogP contribution is 2.30. The minimum atomic E-state index is 0.167. The normalized spacial score (nSPS) is 17.6. The number of carbonyl (C=O) groups is 1. The Labute approximate surface area is 166 Å². The summed E-state index contributed by atoms with van der Waals surface area (Å²) in [6.45, 7) is 4.87. The molecule has 3 rings (SSSR count). The number of carbonyl (C=O) groups excluding carboxylic acids is 1. The van der Waals surface area contributed by atoms with Crippen molar-refractivity contribution in [3.63, 3.8) is 0 Å². The summed E-state index contributed by atoms with van der Waals surface area (Å²) in [5, 5.41) is 0.797. The molecule has 2 aromatic heterocycles. The number of rotatable bonds is 5. The molecule has 6 heteroatoms. The lowest BCUT2D eigenvalue weighted by molar-refractivity contribution is -0.133. The van der Waals surface area contributed by atoms with E-state index in [1.54, 1.807) is 11.8 Å². The van der Waals surface area contributed by atoms with Gasteiger partial charge >= 0.3 is 0 Å². The van der Waals surface area contributed by atoms with Crippen molar-refractivity contribution in [1.29, 1.82) is 0 Å². The lowest BCUT2D eigenvalue weighted by atomic mass is 10.0. The van der Waals surface area contributed by atoms with E-state index < -0.39 is 0 Å². The summed E-state index contributed by atoms with van der Waals surface area (Å²) in [4.78, 5) is 28.4. The van der Waals surface area contributed by atoms with Gasteiger partial charge in [-0.2, -0.15) is 0 Å². The van der Waals surface area contributed by atoms with Crippen molar-refractivity contribution in [3.8, 4) is 0 Å². The van der Waals surface area contributed by atoms with Crippen molar-refractivity contribution in [3.05, 3.63) is 47.0 Å². The van der Waals surface area contributed by atoms with Crippen LogP contribution in [0.4, 0.5) is 0 Å². The second kappa shape index (κ2) is 9.31. The number of hydrogen-bond acceptors (Lipinski definition) is 5. The molecule has 1 amide bonds. The maximum Gasteiger partial charge on any atom is 0.223 e. The lowest BCUT2D eigenvalue weighted by Crippen LogP contribution is -2.35. The van der Waals surface area contributed by atoms with E-state index in [9.17, 15) is 4.79 Å². The molecule has 0 bridgehead atoms. The molecular formula is C21H28N4OS. The van der Waals surface area contributed by atoms with Crippen molar-refractivity contribution < 1.29 is 4.79 Å². The van der Waals surface area contributed by atoms with Crippen LogP contribution in [0.2, 0.25) is 0 Å². The molecule has 5 nitrogen and oxygen atoms in total. The third-order valence-corrected chi connectivity index (χ3v) is 5.88. The van der Waals surface area contributed by atoms with E-state index in [1.165, 1.54) is 18.4 Å². The molecule has 1 atom stereocenters. The van der Waals surface area contributed by atoms with Gasteiger partial charge in [0.2, 0.25) is 5.91 Å². The molecule has 2 aromatic rings. The molecular weight excluding hydrogens is 356 g/mol. The number of pyridine rings is 1. The van der Waals surface area contributed by atoms with E-state index in [0.29, 0.717) is 12.8 Å². The van der Waals surface area contributed by atoms with Crippen LogP contribution in [0.3, 0.4) is 0 Å². The summed E-state index contributed by atoms with van der Waals surface area (Å²) in [6, 6.07) is 4.25. The first-order chi connectivity index (χ1) is 13.1. The van der Waals surface area contributed by atoms with Crippen molar-refractivity contribution in [2.75, 3.05) is 12.8 Å². The predicted octanol–water partition coefficient (Wildman–Crippen LogP) is 4.29. The third-order valence-electron chi connectivity index (χ3n) is 5.34. The smallest absolute Gasteiger partial charge is 0.223 e. The number of thioether (sulfide) groups is 1. The molecule has 0 N–H and O–H groups in total. The quantitative estimate of drug-likeness (QED) is 0.569. The molecule has 0 aliphatic carbocycles. The van der Waals surface area contributed by atoms with E-state index in [1.807, 2.05) is 44.6 Å². The van der Waals surface area contributed by atoms with Crippen molar-refractivity contribution in [2.45, 2.75) is 63.6 Å². The van der Waals surface area contributed by atoms with Crippen molar-refractivity contribution in [2.24, 2.45) is 0 Å². The zero-order chi connectivity index (χ0) is 19.2. The molecule has 27 heavy (non-hydrogen) atoms. The summed E-state index contributed by atoms with van der Waals surface area (Å²) in [5.74, 6) is 0.228. The highest BCUT2D eigenvalue weighted by atomic mass is 32.2. The standard InChI is InChI=1S/C21H28N4OS/c1-15-18(16(2)24-21(23-15)27-3)8-9-20(26)25-14-6-4-5-7-19(25)17-10-12-22-13-11-17/h10-13,19H,4-9,14H2,1-3H3/t19-/m1/s1. The van der Waals surface area contributed by atoms with Gasteiger partial charge in [0, 0.05) is 36.7 Å². The Morgan fingerprint density at radius 3 is 2.52 bits per heavy atom. The molecule has 0 spiro atoms. The highest BCUT2D eigenvalue weighted by Gasteiger charge is 2.26. The van der Waals surface area contributed by atoms with E-state index in [2.05, 4.69) is 19.9 Å². The Morgan fingerprint density at radius 2 is 1.85 bits per heavy atom. The topological polar surface area (TPSA) is 59.0 Å². The van der Waals surface area contributed by atoms with Crippen LogP contribution in [0.25, 0.3) is 0 Å². The van der Waals surface area contributed by atoms with Gasteiger partial charge in [0.05, 0.1) is 6.04 Å². The van der Waals surface area contributed by atoms with Crippen LogP contribution in [0.15, 0.2) is 29.7 Å². The number of likely N-dealkylation sites (tertiary alicyclic amines) is 1. The van der Waals surface area contributed by atoms with Crippen molar-refractivity contribution in [1.82, 2.24) is 19.9 Å². The zero-order valence-corrected chi connectivity index (χ0v) is 17.3. The Balaban J connectivity index is 1.74. The maximum atomic E-state index is 13.1. The van der Waals surface area contributed by atoms with Crippen LogP contribution in [-0.2, 0) is 11.2 Å². The van der Waals surface area contributed by atoms with Crippen LogP contribution < -0.4 is 0 Å². The second-order valence-corrected chi connectivity index (χ2v) is 7.87. The van der Waals surface area contributed by atoms with E-state index in [0.717, 1.165) is 41.5 Å². The first-order valence-corrected chi connectivity index (χ1v) is 10.9. The van der Waals surface area contributed by atoms with Crippen LogP contribution in [-0.4, -0.2) is 38.6 Å². The van der Waals surface area contributed by atoms with Gasteiger partial charge in [-0.1, -0.05) is 24.6 Å². The first-order valence-electron chi connectivity index (χ1n) is 9.67. The fourth-order valence-corrected chi connectivity index (χ4v) is 4.33. The summed E-state index contributed by atoms with van der Waals surface area (Å²) >= 11 is 1.55. The third kappa shape index (κ3) is 4.86. The molecule has 1 aliphatic rings. The first kappa shape index (κ1) is 19.8. The number of hydrogen-bond donors (Lipinski definition) is 0. The summed E-state index contributed by atoms with van der Waals surface area (Å²) in [6.07, 6.45) is 11.3. The number of amides is 1. The summed E-state index contributed by atoms with van der Waals surface area (Å²) in [7, 11) is 0. The van der Waals surface area contributed by atoms with Gasteiger partial charge in [0.1, 0.15) is 0 Å². The monoisotopic (exact) mass is 384 g/mol. The fraction of sp³-hybridized carbons (Fsp3) is 0.524. The van der Waals surface area contributed by atoms with Gasteiger partial charge < -0.3 is 4.90 Å². The molecule has 0 aromatic carbocycles. The fourth-order valence-electron chi connectivity index (χ4n) is 3.88.